The molecule has 0 saturated heterocycles. The Morgan fingerprint density at radius 2 is 2.15 bits per heavy atom. The zero-order chi connectivity index (χ0) is 14.5. The van der Waals surface area contributed by atoms with Crippen LogP contribution >= 0.6 is 15.9 Å². The lowest BCUT2D eigenvalue weighted by molar-refractivity contribution is -0.116. The number of halogens is 1. The van der Waals surface area contributed by atoms with Crippen molar-refractivity contribution in [2.45, 2.75) is 19.9 Å². The second kappa shape index (κ2) is 6.47. The number of hydrogen-bond acceptors (Lipinski definition) is 3. The van der Waals surface area contributed by atoms with Gasteiger partial charge in [0.05, 0.1) is 5.69 Å². The predicted molar refractivity (Wildman–Crippen MR) is 80.6 cm³/mol. The number of pyridine rings is 2. The molecule has 0 fully saturated rings. The third-order valence-electron chi connectivity index (χ3n) is 2.77. The Hall–Kier alpha value is -1.95. The van der Waals surface area contributed by atoms with E-state index in [0.717, 1.165) is 10.2 Å². The Bertz CT molecular complexity index is 682. The number of anilines is 1. The summed E-state index contributed by atoms with van der Waals surface area (Å²) in [4.78, 5) is 27.5. The van der Waals surface area contributed by atoms with Crippen molar-refractivity contribution in [1.29, 1.82) is 0 Å². The second-order valence-corrected chi connectivity index (χ2v) is 5.15. The van der Waals surface area contributed by atoms with Gasteiger partial charge in [0.15, 0.2) is 0 Å². The van der Waals surface area contributed by atoms with Crippen LogP contribution in [0.2, 0.25) is 0 Å². The molecule has 2 aromatic heterocycles. The van der Waals surface area contributed by atoms with Crippen LogP contribution in [0.25, 0.3) is 0 Å². The van der Waals surface area contributed by atoms with Crippen molar-refractivity contribution in [1.82, 2.24) is 9.55 Å². The van der Waals surface area contributed by atoms with Crippen LogP contribution in [-0.4, -0.2) is 15.5 Å². The highest BCUT2D eigenvalue weighted by atomic mass is 79.9. The van der Waals surface area contributed by atoms with E-state index in [2.05, 4.69) is 26.2 Å². The average molecular weight is 336 g/mol. The summed E-state index contributed by atoms with van der Waals surface area (Å²) in [5, 5.41) is 2.71. The summed E-state index contributed by atoms with van der Waals surface area (Å²) in [6, 6.07) is 8.47. The molecule has 0 spiro atoms. The number of amides is 1. The minimum Gasteiger partial charge on any atom is -0.315 e. The molecule has 104 valence electrons. The molecule has 5 nitrogen and oxygen atoms in total. The first-order valence-electron chi connectivity index (χ1n) is 6.15. The highest BCUT2D eigenvalue weighted by Gasteiger charge is 2.05. The molecule has 1 N–H and O–H groups in total. The van der Waals surface area contributed by atoms with Crippen LogP contribution in [0, 0.1) is 6.92 Å². The van der Waals surface area contributed by atoms with Gasteiger partial charge in [-0.25, -0.2) is 4.98 Å². The highest BCUT2D eigenvalue weighted by Crippen LogP contribution is 2.16. The first kappa shape index (κ1) is 14.5. The fraction of sp³-hybridized carbons (Fsp3) is 0.214. The number of nitrogens with zero attached hydrogens (tertiary/aromatic N) is 2. The molecular weight excluding hydrogens is 322 g/mol. The Balaban J connectivity index is 1.94. The molecule has 20 heavy (non-hydrogen) atoms. The Morgan fingerprint density at radius 1 is 1.35 bits per heavy atom. The van der Waals surface area contributed by atoms with E-state index >= 15 is 0 Å². The standard InChI is InChI=1S/C14H14BrN3O2/c1-10-11(15)5-6-12(16-10)17-13(19)7-9-18-8-3-2-4-14(18)20/h2-6,8H,7,9H2,1H3,(H,16,17,19). The average Bonchev–Trinajstić information content (AvgIpc) is 2.42. The summed E-state index contributed by atoms with van der Waals surface area (Å²) in [6.07, 6.45) is 1.89. The largest absolute Gasteiger partial charge is 0.315 e. The minimum absolute atomic E-state index is 0.113. The van der Waals surface area contributed by atoms with Crippen molar-refractivity contribution in [2.75, 3.05) is 5.32 Å². The number of aryl methyl sites for hydroxylation is 2. The van der Waals surface area contributed by atoms with Crippen molar-refractivity contribution < 1.29 is 4.79 Å². The Labute approximate surface area is 124 Å². The van der Waals surface area contributed by atoms with E-state index in [1.165, 1.54) is 10.6 Å². The number of carbonyl (C=O) groups excluding carboxylic acids is 1. The summed E-state index contributed by atoms with van der Waals surface area (Å²) in [6.45, 7) is 2.20. The van der Waals surface area contributed by atoms with Gasteiger partial charge in [-0.1, -0.05) is 6.07 Å². The number of carbonyl (C=O) groups is 1. The summed E-state index contributed by atoms with van der Waals surface area (Å²) >= 11 is 3.35. The summed E-state index contributed by atoms with van der Waals surface area (Å²) in [5.41, 5.74) is 0.694. The molecule has 0 aliphatic heterocycles. The number of nitrogens with one attached hydrogen (secondary N) is 1. The molecule has 1 amide bonds. The fourth-order valence-corrected chi connectivity index (χ4v) is 1.91. The Kier molecular flexibility index (Phi) is 4.68. The molecule has 0 atom stereocenters. The van der Waals surface area contributed by atoms with Gasteiger partial charge < -0.3 is 9.88 Å². The molecule has 2 rings (SSSR count). The smallest absolute Gasteiger partial charge is 0.250 e. The zero-order valence-electron chi connectivity index (χ0n) is 11.0. The quantitative estimate of drug-likeness (QED) is 0.932. The minimum atomic E-state index is -0.171. The molecular formula is C14H14BrN3O2. The first-order chi connectivity index (χ1) is 9.56. The third-order valence-corrected chi connectivity index (χ3v) is 3.61. The molecule has 0 aliphatic carbocycles. The van der Waals surface area contributed by atoms with Crippen LogP contribution in [0.15, 0.2) is 45.8 Å². The van der Waals surface area contributed by atoms with Gasteiger partial charge >= 0.3 is 0 Å². The van der Waals surface area contributed by atoms with Gasteiger partial charge in [-0.05, 0) is 41.1 Å². The molecule has 2 heterocycles. The maximum absolute atomic E-state index is 11.8. The van der Waals surface area contributed by atoms with Gasteiger partial charge in [0.25, 0.3) is 5.56 Å². The van der Waals surface area contributed by atoms with Crippen LogP contribution in [0.3, 0.4) is 0 Å². The van der Waals surface area contributed by atoms with Crippen LogP contribution in [0.4, 0.5) is 5.82 Å². The topological polar surface area (TPSA) is 64.0 Å². The van der Waals surface area contributed by atoms with Crippen LogP contribution in [-0.2, 0) is 11.3 Å². The lowest BCUT2D eigenvalue weighted by atomic mass is 10.3. The van der Waals surface area contributed by atoms with E-state index in [0.29, 0.717) is 12.4 Å². The van der Waals surface area contributed by atoms with E-state index < -0.39 is 0 Å². The van der Waals surface area contributed by atoms with Crippen molar-refractivity contribution in [2.24, 2.45) is 0 Å². The van der Waals surface area contributed by atoms with Gasteiger partial charge in [-0.15, -0.1) is 0 Å². The number of aromatic nitrogens is 2. The van der Waals surface area contributed by atoms with Crippen LogP contribution < -0.4 is 10.9 Å². The van der Waals surface area contributed by atoms with Gasteiger partial charge in [-0.2, -0.15) is 0 Å². The predicted octanol–water partition coefficient (Wildman–Crippen LogP) is 2.34. The first-order valence-corrected chi connectivity index (χ1v) is 6.94. The SMILES string of the molecule is Cc1nc(NC(=O)CCn2ccccc2=O)ccc1Br. The monoisotopic (exact) mass is 335 g/mol. The molecule has 2 aromatic rings. The molecule has 6 heteroatoms. The summed E-state index contributed by atoms with van der Waals surface area (Å²) in [5.74, 6) is 0.339. The van der Waals surface area contributed by atoms with E-state index in [9.17, 15) is 9.59 Å². The molecule has 0 bridgehead atoms. The zero-order valence-corrected chi connectivity index (χ0v) is 12.6. The third kappa shape index (κ3) is 3.77. The van der Waals surface area contributed by atoms with Crippen molar-refractivity contribution in [3.05, 3.63) is 57.0 Å². The molecule has 0 aromatic carbocycles. The van der Waals surface area contributed by atoms with Gasteiger partial charge in [0.2, 0.25) is 5.91 Å². The maximum Gasteiger partial charge on any atom is 0.250 e. The molecule has 0 unspecified atom stereocenters. The molecule has 0 radical (unpaired) electrons. The van der Waals surface area contributed by atoms with E-state index in [4.69, 9.17) is 0 Å². The van der Waals surface area contributed by atoms with Crippen molar-refractivity contribution in [3.63, 3.8) is 0 Å². The van der Waals surface area contributed by atoms with Gasteiger partial charge in [0, 0.05) is 29.7 Å². The lowest BCUT2D eigenvalue weighted by Crippen LogP contribution is -2.22. The van der Waals surface area contributed by atoms with E-state index in [1.807, 2.05) is 13.0 Å². The normalized spacial score (nSPS) is 10.3. The maximum atomic E-state index is 11.8. The number of rotatable bonds is 4. The fourth-order valence-electron chi connectivity index (χ4n) is 1.69. The number of hydrogen-bond donors (Lipinski definition) is 1. The van der Waals surface area contributed by atoms with Crippen LogP contribution in [0.1, 0.15) is 12.1 Å². The molecule has 0 saturated carbocycles. The Morgan fingerprint density at radius 3 is 2.85 bits per heavy atom. The van der Waals surface area contributed by atoms with Gasteiger partial charge in [0.1, 0.15) is 5.82 Å². The van der Waals surface area contributed by atoms with E-state index in [1.54, 1.807) is 24.4 Å². The highest BCUT2D eigenvalue weighted by molar-refractivity contribution is 9.10. The van der Waals surface area contributed by atoms with E-state index in [-0.39, 0.29) is 17.9 Å². The second-order valence-electron chi connectivity index (χ2n) is 4.29. The summed E-state index contributed by atoms with van der Waals surface area (Å²) < 4.78 is 2.39. The van der Waals surface area contributed by atoms with Gasteiger partial charge in [-0.3, -0.25) is 9.59 Å². The lowest BCUT2D eigenvalue weighted by Gasteiger charge is -2.07. The van der Waals surface area contributed by atoms with Crippen molar-refractivity contribution in [3.8, 4) is 0 Å². The summed E-state index contributed by atoms with van der Waals surface area (Å²) in [7, 11) is 0. The van der Waals surface area contributed by atoms with Crippen LogP contribution in [0.5, 0.6) is 0 Å². The van der Waals surface area contributed by atoms with Crippen molar-refractivity contribution >= 4 is 27.7 Å². The molecule has 0 aliphatic rings.